The first-order chi connectivity index (χ1) is 11.6. The molecule has 130 valence electrons. The summed E-state index contributed by atoms with van der Waals surface area (Å²) in [6.45, 7) is 0.414. The lowest BCUT2D eigenvalue weighted by molar-refractivity contribution is -0.134. The lowest BCUT2D eigenvalue weighted by Gasteiger charge is -2.22. The fourth-order valence-electron chi connectivity index (χ4n) is 3.00. The molecule has 1 saturated carbocycles. The van der Waals surface area contributed by atoms with E-state index in [0.29, 0.717) is 30.0 Å². The Bertz CT molecular complexity index is 597. The molecule has 0 aromatic carbocycles. The van der Waals surface area contributed by atoms with Crippen molar-refractivity contribution >= 4 is 29.7 Å². The predicted molar refractivity (Wildman–Crippen MR) is 88.3 cm³/mol. The zero-order valence-electron chi connectivity index (χ0n) is 13.4. The summed E-state index contributed by atoms with van der Waals surface area (Å²) in [5.74, 6) is -0.643. The van der Waals surface area contributed by atoms with Gasteiger partial charge >= 0.3 is 0 Å². The summed E-state index contributed by atoms with van der Waals surface area (Å²) in [6, 6.07) is -0.372. The van der Waals surface area contributed by atoms with Crippen molar-refractivity contribution in [3.63, 3.8) is 0 Å². The molecule has 0 radical (unpaired) electrons. The molecule has 1 heterocycles. The molecule has 24 heavy (non-hydrogen) atoms. The van der Waals surface area contributed by atoms with Crippen LogP contribution in [0.25, 0.3) is 0 Å². The Balaban J connectivity index is 1.56. The van der Waals surface area contributed by atoms with E-state index in [9.17, 15) is 14.4 Å². The van der Waals surface area contributed by atoms with Gasteiger partial charge in [-0.25, -0.2) is 0 Å². The van der Waals surface area contributed by atoms with E-state index in [0.717, 1.165) is 25.5 Å². The molecular weight excluding hydrogens is 332 g/mol. The van der Waals surface area contributed by atoms with Gasteiger partial charge in [0.05, 0.1) is 35.4 Å². The van der Waals surface area contributed by atoms with Crippen LogP contribution in [0.15, 0.2) is 22.8 Å². The molecule has 3 aliphatic rings. The fourth-order valence-corrected chi connectivity index (χ4v) is 3.29. The van der Waals surface area contributed by atoms with Crippen LogP contribution in [0.4, 0.5) is 0 Å². The van der Waals surface area contributed by atoms with Gasteiger partial charge in [0.2, 0.25) is 5.91 Å². The molecule has 0 aromatic heterocycles. The number of carbonyl (C=O) groups is 3. The standard InChI is InChI=1S/C17H21ClN2O4/c18-16-13(4-1-5-14(16)24-12-6-7-12)17(23)19-9-15(22)20-8-2-3-11(20)10-21/h1,4,10-12,14H,2-3,5-9H2,(H,19,23)/t11-,14?/m0/s1. The smallest absolute Gasteiger partial charge is 0.252 e. The maximum atomic E-state index is 12.3. The summed E-state index contributed by atoms with van der Waals surface area (Å²) in [6.07, 6.45) is 8.50. The normalized spacial score (nSPS) is 26.6. The van der Waals surface area contributed by atoms with E-state index in [1.54, 1.807) is 6.08 Å². The maximum absolute atomic E-state index is 12.3. The third kappa shape index (κ3) is 3.87. The van der Waals surface area contributed by atoms with Gasteiger partial charge in [0, 0.05) is 6.54 Å². The van der Waals surface area contributed by atoms with Crippen LogP contribution in [0, 0.1) is 0 Å². The van der Waals surface area contributed by atoms with Crippen LogP contribution in [0.5, 0.6) is 0 Å². The van der Waals surface area contributed by atoms with Crippen LogP contribution in [0.1, 0.15) is 32.1 Å². The van der Waals surface area contributed by atoms with Crippen LogP contribution in [0.2, 0.25) is 0 Å². The fraction of sp³-hybridized carbons (Fsp3) is 0.588. The molecule has 2 fully saturated rings. The van der Waals surface area contributed by atoms with Crippen molar-refractivity contribution in [1.29, 1.82) is 0 Å². The second-order valence-corrected chi connectivity index (χ2v) is 6.75. The van der Waals surface area contributed by atoms with E-state index >= 15 is 0 Å². The van der Waals surface area contributed by atoms with Crippen molar-refractivity contribution in [2.75, 3.05) is 13.1 Å². The molecule has 2 amide bonds. The van der Waals surface area contributed by atoms with Gasteiger partial charge in [0.1, 0.15) is 6.29 Å². The highest BCUT2D eigenvalue weighted by Gasteiger charge is 2.31. The molecule has 2 aliphatic carbocycles. The van der Waals surface area contributed by atoms with Crippen molar-refractivity contribution in [3.8, 4) is 0 Å². The van der Waals surface area contributed by atoms with Crippen LogP contribution in [-0.4, -0.2) is 54.3 Å². The molecule has 3 rings (SSSR count). The van der Waals surface area contributed by atoms with Gasteiger partial charge in [-0.3, -0.25) is 9.59 Å². The Morgan fingerprint density at radius 3 is 2.88 bits per heavy atom. The van der Waals surface area contributed by atoms with Gasteiger partial charge < -0.3 is 19.7 Å². The second kappa shape index (κ2) is 7.49. The Morgan fingerprint density at radius 1 is 1.38 bits per heavy atom. The molecule has 1 unspecified atom stereocenters. The molecule has 1 saturated heterocycles. The summed E-state index contributed by atoms with van der Waals surface area (Å²) in [7, 11) is 0. The minimum Gasteiger partial charge on any atom is -0.369 e. The van der Waals surface area contributed by atoms with Gasteiger partial charge in [-0.05, 0) is 32.1 Å². The van der Waals surface area contributed by atoms with Crippen molar-refractivity contribution in [1.82, 2.24) is 10.2 Å². The lowest BCUT2D eigenvalue weighted by Crippen LogP contribution is -2.43. The Morgan fingerprint density at radius 2 is 2.17 bits per heavy atom. The van der Waals surface area contributed by atoms with Gasteiger partial charge in [-0.2, -0.15) is 0 Å². The monoisotopic (exact) mass is 352 g/mol. The highest BCUT2D eigenvalue weighted by atomic mass is 35.5. The number of amides is 2. The van der Waals surface area contributed by atoms with E-state index in [2.05, 4.69) is 5.32 Å². The highest BCUT2D eigenvalue weighted by molar-refractivity contribution is 6.33. The van der Waals surface area contributed by atoms with Gasteiger partial charge in [-0.15, -0.1) is 0 Å². The summed E-state index contributed by atoms with van der Waals surface area (Å²) >= 11 is 6.30. The average Bonchev–Trinajstić information content (AvgIpc) is 3.27. The second-order valence-electron chi connectivity index (χ2n) is 6.34. The lowest BCUT2D eigenvalue weighted by atomic mass is 10.0. The number of hydrogen-bond donors (Lipinski definition) is 1. The van der Waals surface area contributed by atoms with Crippen molar-refractivity contribution in [2.45, 2.75) is 50.4 Å². The molecule has 0 bridgehead atoms. The minimum atomic E-state index is -0.393. The van der Waals surface area contributed by atoms with Gasteiger partial charge in [-0.1, -0.05) is 23.8 Å². The summed E-state index contributed by atoms with van der Waals surface area (Å²) in [5.41, 5.74) is 0.342. The zero-order chi connectivity index (χ0) is 17.1. The maximum Gasteiger partial charge on any atom is 0.252 e. The van der Waals surface area contributed by atoms with E-state index in [-0.39, 0.29) is 30.7 Å². The molecule has 1 N–H and O–H groups in total. The van der Waals surface area contributed by atoms with Crippen LogP contribution in [-0.2, 0) is 19.1 Å². The van der Waals surface area contributed by atoms with Gasteiger partial charge in [0.15, 0.2) is 0 Å². The van der Waals surface area contributed by atoms with E-state index in [1.165, 1.54) is 4.90 Å². The van der Waals surface area contributed by atoms with Crippen molar-refractivity contribution in [2.24, 2.45) is 0 Å². The largest absolute Gasteiger partial charge is 0.369 e. The molecule has 1 aliphatic heterocycles. The topological polar surface area (TPSA) is 75.7 Å². The number of halogens is 1. The third-order valence-electron chi connectivity index (χ3n) is 4.48. The third-order valence-corrected chi connectivity index (χ3v) is 4.92. The van der Waals surface area contributed by atoms with Crippen LogP contribution < -0.4 is 5.32 Å². The number of nitrogens with zero attached hydrogens (tertiary/aromatic N) is 1. The SMILES string of the molecule is O=C[C@@H]1CCCN1C(=O)CNC(=O)C1=C(Cl)C(OC2CC2)CC=C1. The van der Waals surface area contributed by atoms with Crippen LogP contribution >= 0.6 is 11.6 Å². The highest BCUT2D eigenvalue weighted by Crippen LogP contribution is 2.32. The average molecular weight is 353 g/mol. The minimum absolute atomic E-state index is 0.140. The van der Waals surface area contributed by atoms with E-state index in [4.69, 9.17) is 16.3 Å². The number of hydrogen-bond acceptors (Lipinski definition) is 4. The zero-order valence-corrected chi connectivity index (χ0v) is 14.1. The molecule has 0 spiro atoms. The summed E-state index contributed by atoms with van der Waals surface area (Å²) in [5, 5.41) is 2.99. The molecule has 2 atom stereocenters. The first kappa shape index (κ1) is 17.2. The van der Waals surface area contributed by atoms with Gasteiger partial charge in [0.25, 0.3) is 5.91 Å². The number of nitrogens with one attached hydrogen (secondary N) is 1. The number of ether oxygens (including phenoxy) is 1. The van der Waals surface area contributed by atoms with Crippen LogP contribution in [0.3, 0.4) is 0 Å². The summed E-state index contributed by atoms with van der Waals surface area (Å²) < 4.78 is 5.80. The summed E-state index contributed by atoms with van der Waals surface area (Å²) in [4.78, 5) is 37.0. The Hall–Kier alpha value is -1.66. The predicted octanol–water partition coefficient (Wildman–Crippen LogP) is 1.29. The molecule has 7 heteroatoms. The molecule has 6 nitrogen and oxygen atoms in total. The first-order valence-corrected chi connectivity index (χ1v) is 8.72. The first-order valence-electron chi connectivity index (χ1n) is 8.34. The van der Waals surface area contributed by atoms with E-state index < -0.39 is 5.91 Å². The number of aldehydes is 1. The van der Waals surface area contributed by atoms with E-state index in [1.807, 2.05) is 6.08 Å². The molecule has 0 aromatic rings. The number of likely N-dealkylation sites (tertiary alicyclic amines) is 1. The van der Waals surface area contributed by atoms with Crippen molar-refractivity contribution < 1.29 is 19.1 Å². The number of carbonyl (C=O) groups excluding carboxylic acids is 3. The number of rotatable bonds is 6. The molecular formula is C17H21ClN2O4. The Labute approximate surface area is 145 Å². The van der Waals surface area contributed by atoms with Crippen molar-refractivity contribution in [3.05, 3.63) is 22.8 Å². The quantitative estimate of drug-likeness (QED) is 0.731. The Kier molecular flexibility index (Phi) is 5.36.